The summed E-state index contributed by atoms with van der Waals surface area (Å²) in [6.45, 7) is 2.11. The summed E-state index contributed by atoms with van der Waals surface area (Å²) in [5.41, 5.74) is -0.672. The number of halogens is 3. The Morgan fingerprint density at radius 3 is 2.43 bits per heavy atom. The maximum atomic E-state index is 15.3. The average molecular weight is 554 g/mol. The van der Waals surface area contributed by atoms with E-state index in [1.165, 1.54) is 12.1 Å². The van der Waals surface area contributed by atoms with Crippen LogP contribution in [0.25, 0.3) is 0 Å². The van der Waals surface area contributed by atoms with Gasteiger partial charge in [0, 0.05) is 21.6 Å². The third kappa shape index (κ3) is 6.61. The predicted octanol–water partition coefficient (Wildman–Crippen LogP) is 5.78. The first-order valence-electron chi connectivity index (χ1n) is 11.8. The van der Waals surface area contributed by atoms with Crippen molar-refractivity contribution in [2.75, 3.05) is 18.6 Å². The van der Waals surface area contributed by atoms with E-state index in [-0.39, 0.29) is 52.5 Å². The SMILES string of the molecule is CCCCOC(=O)C1=C(C(=O)N(C(=O)c2cccc(F)c2)c2c(F)sc(CC(=O)OC)c2Cl)CCCC1. The van der Waals surface area contributed by atoms with Gasteiger partial charge in [-0.25, -0.2) is 14.1 Å². The Labute approximate surface area is 222 Å². The molecule has 2 aromatic rings. The zero-order valence-corrected chi connectivity index (χ0v) is 22.0. The van der Waals surface area contributed by atoms with Crippen LogP contribution in [0.3, 0.4) is 0 Å². The lowest BCUT2D eigenvalue weighted by Crippen LogP contribution is -2.40. The van der Waals surface area contributed by atoms with E-state index in [1.54, 1.807) is 0 Å². The molecule has 198 valence electrons. The number of carbonyl (C=O) groups excluding carboxylic acids is 4. The zero-order chi connectivity index (χ0) is 27.1. The lowest BCUT2D eigenvalue weighted by molar-refractivity contribution is -0.140. The van der Waals surface area contributed by atoms with Crippen molar-refractivity contribution in [3.8, 4) is 0 Å². The summed E-state index contributed by atoms with van der Waals surface area (Å²) in [6.07, 6.45) is 2.66. The molecule has 7 nitrogen and oxygen atoms in total. The van der Waals surface area contributed by atoms with Crippen LogP contribution >= 0.6 is 22.9 Å². The number of rotatable bonds is 9. The van der Waals surface area contributed by atoms with Crippen molar-refractivity contribution in [2.24, 2.45) is 0 Å². The first-order valence-corrected chi connectivity index (χ1v) is 13.0. The molecule has 37 heavy (non-hydrogen) atoms. The van der Waals surface area contributed by atoms with Crippen LogP contribution < -0.4 is 4.90 Å². The Bertz CT molecular complexity index is 1240. The second kappa shape index (κ2) is 12.9. The maximum absolute atomic E-state index is 15.3. The van der Waals surface area contributed by atoms with Gasteiger partial charge < -0.3 is 9.47 Å². The predicted molar refractivity (Wildman–Crippen MR) is 135 cm³/mol. The standard InChI is InChI=1S/C26H26ClF2NO6S/c1-3-4-12-36-26(34)18-11-6-5-10-17(18)25(33)30(24(32)15-8-7-9-16(28)13-15)22-21(27)19(37-23(22)29)14-20(31)35-2/h7-9,13H,3-6,10-12,14H2,1-2H3. The van der Waals surface area contributed by atoms with Gasteiger partial charge in [0.2, 0.25) is 5.13 Å². The van der Waals surface area contributed by atoms with Gasteiger partial charge in [-0.1, -0.05) is 31.0 Å². The van der Waals surface area contributed by atoms with Gasteiger partial charge in [-0.05, 0) is 50.3 Å². The lowest BCUT2D eigenvalue weighted by Gasteiger charge is -2.25. The minimum Gasteiger partial charge on any atom is -0.469 e. The monoisotopic (exact) mass is 553 g/mol. The van der Waals surface area contributed by atoms with Gasteiger partial charge in [-0.15, -0.1) is 11.3 Å². The average Bonchev–Trinajstić information content (AvgIpc) is 3.16. The molecule has 0 atom stereocenters. The normalized spacial score (nSPS) is 13.3. The van der Waals surface area contributed by atoms with E-state index in [2.05, 4.69) is 4.74 Å². The number of anilines is 1. The number of methoxy groups -OCH3 is 1. The van der Waals surface area contributed by atoms with E-state index in [4.69, 9.17) is 16.3 Å². The number of benzene rings is 1. The molecule has 0 fully saturated rings. The number of ether oxygens (including phenoxy) is 2. The van der Waals surface area contributed by atoms with Crippen molar-refractivity contribution < 1.29 is 37.4 Å². The molecule has 1 aromatic carbocycles. The lowest BCUT2D eigenvalue weighted by atomic mass is 9.90. The number of thiophene rings is 1. The highest BCUT2D eigenvalue weighted by atomic mass is 35.5. The van der Waals surface area contributed by atoms with Crippen LogP contribution in [-0.4, -0.2) is 37.5 Å². The Morgan fingerprint density at radius 2 is 1.78 bits per heavy atom. The molecule has 1 aliphatic rings. The largest absolute Gasteiger partial charge is 0.469 e. The highest BCUT2D eigenvalue weighted by Gasteiger charge is 2.37. The van der Waals surface area contributed by atoms with Crippen molar-refractivity contribution in [1.82, 2.24) is 0 Å². The Morgan fingerprint density at radius 1 is 1.08 bits per heavy atom. The van der Waals surface area contributed by atoms with Crippen LogP contribution in [-0.2, 0) is 30.3 Å². The van der Waals surface area contributed by atoms with Crippen LogP contribution in [0.5, 0.6) is 0 Å². The number of hydrogen-bond donors (Lipinski definition) is 0. The number of unbranched alkanes of at least 4 members (excludes halogenated alkanes) is 1. The van der Waals surface area contributed by atoms with Crippen molar-refractivity contribution >= 4 is 52.4 Å². The van der Waals surface area contributed by atoms with E-state index in [0.29, 0.717) is 35.5 Å². The zero-order valence-electron chi connectivity index (χ0n) is 20.4. The molecule has 1 aromatic heterocycles. The third-order valence-corrected chi connectivity index (χ3v) is 7.28. The summed E-state index contributed by atoms with van der Waals surface area (Å²) >= 11 is 6.88. The molecular weight excluding hydrogens is 528 g/mol. The van der Waals surface area contributed by atoms with Crippen LogP contribution in [0, 0.1) is 10.9 Å². The summed E-state index contributed by atoms with van der Waals surface area (Å²) in [6, 6.07) is 4.57. The first kappa shape index (κ1) is 28.5. The van der Waals surface area contributed by atoms with E-state index in [9.17, 15) is 23.6 Å². The molecule has 2 amide bonds. The fourth-order valence-corrected chi connectivity index (χ4v) is 5.16. The fourth-order valence-electron chi connectivity index (χ4n) is 3.87. The number of carbonyl (C=O) groups is 4. The quantitative estimate of drug-likeness (QED) is 0.222. The Kier molecular flexibility index (Phi) is 9.93. The smallest absolute Gasteiger partial charge is 0.334 e. The van der Waals surface area contributed by atoms with Gasteiger partial charge in [-0.2, -0.15) is 4.39 Å². The minimum atomic E-state index is -1.04. The number of nitrogens with zero attached hydrogens (tertiary/aromatic N) is 1. The highest BCUT2D eigenvalue weighted by molar-refractivity contribution is 7.11. The van der Waals surface area contributed by atoms with Gasteiger partial charge in [0.1, 0.15) is 11.5 Å². The Hall–Kier alpha value is -3.11. The van der Waals surface area contributed by atoms with Crippen molar-refractivity contribution in [1.29, 1.82) is 0 Å². The van der Waals surface area contributed by atoms with Crippen LogP contribution in [0.1, 0.15) is 60.7 Å². The molecule has 0 spiro atoms. The van der Waals surface area contributed by atoms with Crippen LogP contribution in [0.4, 0.5) is 14.5 Å². The highest BCUT2D eigenvalue weighted by Crippen LogP contribution is 2.41. The molecule has 3 rings (SSSR count). The molecule has 0 saturated carbocycles. The number of amides is 2. The molecule has 0 radical (unpaired) electrons. The summed E-state index contributed by atoms with van der Waals surface area (Å²) in [5, 5.41) is -1.32. The van der Waals surface area contributed by atoms with E-state index < -0.39 is 40.4 Å². The third-order valence-electron chi connectivity index (χ3n) is 5.79. The van der Waals surface area contributed by atoms with E-state index in [0.717, 1.165) is 25.7 Å². The van der Waals surface area contributed by atoms with Crippen molar-refractivity contribution in [3.05, 3.63) is 61.8 Å². The van der Waals surface area contributed by atoms with Gasteiger partial charge in [0.15, 0.2) is 0 Å². The van der Waals surface area contributed by atoms with Gasteiger partial charge in [0.05, 0.1) is 25.2 Å². The first-order chi connectivity index (χ1) is 17.7. The summed E-state index contributed by atoms with van der Waals surface area (Å²) in [4.78, 5) is 52.5. The van der Waals surface area contributed by atoms with Crippen molar-refractivity contribution in [3.63, 3.8) is 0 Å². The molecule has 1 aliphatic carbocycles. The van der Waals surface area contributed by atoms with Gasteiger partial charge in [0.25, 0.3) is 11.8 Å². The number of imide groups is 1. The minimum absolute atomic E-state index is 0.00804. The molecule has 0 saturated heterocycles. The molecule has 0 bridgehead atoms. The number of esters is 2. The maximum Gasteiger partial charge on any atom is 0.334 e. The number of hydrogen-bond acceptors (Lipinski definition) is 7. The second-order valence-corrected chi connectivity index (χ2v) is 9.76. The van der Waals surface area contributed by atoms with E-state index in [1.807, 2.05) is 6.92 Å². The molecule has 0 N–H and O–H groups in total. The molecule has 0 unspecified atom stereocenters. The van der Waals surface area contributed by atoms with Crippen LogP contribution in [0.15, 0.2) is 35.4 Å². The molecular formula is C26H26ClF2NO6S. The van der Waals surface area contributed by atoms with Crippen molar-refractivity contribution in [2.45, 2.75) is 51.9 Å². The molecule has 11 heteroatoms. The molecule has 0 aliphatic heterocycles. The summed E-state index contributed by atoms with van der Waals surface area (Å²) < 4.78 is 39.1. The fraction of sp³-hybridized carbons (Fsp3) is 0.385. The van der Waals surface area contributed by atoms with Gasteiger partial charge in [-0.3, -0.25) is 14.4 Å². The summed E-state index contributed by atoms with van der Waals surface area (Å²) in [5.74, 6) is -4.10. The second-order valence-electron chi connectivity index (χ2n) is 8.32. The molecule has 1 heterocycles. The van der Waals surface area contributed by atoms with Crippen LogP contribution in [0.2, 0.25) is 5.02 Å². The summed E-state index contributed by atoms with van der Waals surface area (Å²) in [7, 11) is 1.15. The van der Waals surface area contributed by atoms with Gasteiger partial charge >= 0.3 is 11.9 Å². The van der Waals surface area contributed by atoms with E-state index >= 15 is 4.39 Å². The topological polar surface area (TPSA) is 90.0 Å². The Balaban J connectivity index is 2.13.